The number of aliphatic hydroxyl groups is 1. The summed E-state index contributed by atoms with van der Waals surface area (Å²) in [5, 5.41) is 15.8. The first kappa shape index (κ1) is 23.2. The van der Waals surface area contributed by atoms with E-state index in [4.69, 9.17) is 5.10 Å². The highest BCUT2D eigenvalue weighted by Crippen LogP contribution is 2.54. The van der Waals surface area contributed by atoms with Crippen LogP contribution in [0.4, 0.5) is 5.95 Å². The van der Waals surface area contributed by atoms with Crippen molar-refractivity contribution in [3.05, 3.63) is 89.4 Å². The number of carbonyl (C=O) groups excluding carboxylic acids is 1. The van der Waals surface area contributed by atoms with Gasteiger partial charge in [-0.15, -0.1) is 0 Å². The number of amides is 1. The van der Waals surface area contributed by atoms with Crippen molar-refractivity contribution in [3.8, 4) is 0 Å². The molecule has 1 aliphatic carbocycles. The van der Waals surface area contributed by atoms with Crippen LogP contribution in [0.5, 0.6) is 0 Å². The third-order valence-corrected chi connectivity index (χ3v) is 7.51. The summed E-state index contributed by atoms with van der Waals surface area (Å²) < 4.78 is 1.80. The number of fused-ring (bicyclic) bond motifs is 1. The van der Waals surface area contributed by atoms with Crippen LogP contribution in [0.25, 0.3) is 10.9 Å². The number of β-amino-alcohol motifs (C(OH)–C–C–N with tert-alkyl or cyclic N) is 1. The van der Waals surface area contributed by atoms with Gasteiger partial charge in [0.05, 0.1) is 29.2 Å². The van der Waals surface area contributed by atoms with Gasteiger partial charge >= 0.3 is 0 Å². The molecule has 0 radical (unpaired) electrons. The molecule has 2 aromatic heterocycles. The fourth-order valence-electron chi connectivity index (χ4n) is 5.23. The van der Waals surface area contributed by atoms with Gasteiger partial charge in [-0.3, -0.25) is 9.78 Å². The Hall–Kier alpha value is -4.17. The summed E-state index contributed by atoms with van der Waals surface area (Å²) in [7, 11) is 0. The summed E-state index contributed by atoms with van der Waals surface area (Å²) in [6, 6.07) is 17.9. The van der Waals surface area contributed by atoms with E-state index < -0.39 is 6.10 Å². The Morgan fingerprint density at radius 1 is 1.11 bits per heavy atom. The lowest BCUT2D eigenvalue weighted by atomic mass is 9.91. The Labute approximate surface area is 215 Å². The van der Waals surface area contributed by atoms with Gasteiger partial charge in [0.15, 0.2) is 0 Å². The highest BCUT2D eigenvalue weighted by atomic mass is 16.3. The van der Waals surface area contributed by atoms with Gasteiger partial charge in [-0.05, 0) is 74.4 Å². The number of aromatic nitrogens is 3. The third-order valence-electron chi connectivity index (χ3n) is 7.51. The molecule has 1 aliphatic heterocycles. The highest BCUT2D eigenvalue weighted by molar-refractivity contribution is 6.00. The van der Waals surface area contributed by atoms with E-state index >= 15 is 0 Å². The zero-order valence-electron chi connectivity index (χ0n) is 20.7. The SMILES string of the molecule is C=Nc1ncc(C2(c3ccc4ncccc4c3)CC2)n1/N=C(\C)c1ccc(C(=O)N2CC[C@@H](O)C2)cc1. The third kappa shape index (κ3) is 4.13. The van der Waals surface area contributed by atoms with Gasteiger partial charge < -0.3 is 10.0 Å². The minimum Gasteiger partial charge on any atom is -0.391 e. The first-order chi connectivity index (χ1) is 18.0. The Morgan fingerprint density at radius 3 is 2.59 bits per heavy atom. The molecular weight excluding hydrogens is 464 g/mol. The van der Waals surface area contributed by atoms with Crippen LogP contribution in [-0.2, 0) is 5.41 Å². The van der Waals surface area contributed by atoms with Crippen molar-refractivity contribution < 1.29 is 9.90 Å². The maximum Gasteiger partial charge on any atom is 0.253 e. The molecule has 37 heavy (non-hydrogen) atoms. The van der Waals surface area contributed by atoms with E-state index in [1.807, 2.05) is 49.6 Å². The van der Waals surface area contributed by atoms with Crippen LogP contribution in [0.3, 0.4) is 0 Å². The van der Waals surface area contributed by atoms with Crippen LogP contribution in [0.15, 0.2) is 77.1 Å². The average Bonchev–Trinajstić information content (AvgIpc) is 3.45. The normalized spacial score (nSPS) is 18.8. The summed E-state index contributed by atoms with van der Waals surface area (Å²) in [4.78, 5) is 27.5. The van der Waals surface area contributed by atoms with Crippen LogP contribution in [0, 0.1) is 0 Å². The topological polar surface area (TPSA) is 96.0 Å². The smallest absolute Gasteiger partial charge is 0.253 e. The summed E-state index contributed by atoms with van der Waals surface area (Å²) in [6.45, 7) is 6.61. The molecule has 8 nitrogen and oxygen atoms in total. The lowest BCUT2D eigenvalue weighted by Crippen LogP contribution is -2.29. The number of aliphatic imine (C=N–C) groups is 1. The number of aliphatic hydroxyl groups excluding tert-OH is 1. The number of hydrogen-bond acceptors (Lipinski definition) is 6. The first-order valence-corrected chi connectivity index (χ1v) is 12.5. The van der Waals surface area contributed by atoms with Gasteiger partial charge in [0.2, 0.25) is 5.95 Å². The Bertz CT molecular complexity index is 1530. The van der Waals surface area contributed by atoms with Crippen LogP contribution in [-0.4, -0.2) is 62.2 Å². The van der Waals surface area contributed by atoms with Crippen molar-refractivity contribution in [3.63, 3.8) is 0 Å². The number of likely N-dealkylation sites (tertiary alicyclic amines) is 1. The molecule has 6 rings (SSSR count). The van der Waals surface area contributed by atoms with E-state index in [1.54, 1.807) is 9.58 Å². The number of imidazole rings is 1. The summed E-state index contributed by atoms with van der Waals surface area (Å²) >= 11 is 0. The van der Waals surface area contributed by atoms with E-state index in [0.717, 1.165) is 40.7 Å². The van der Waals surface area contributed by atoms with E-state index in [2.05, 4.69) is 45.9 Å². The second-order valence-corrected chi connectivity index (χ2v) is 9.86. The molecule has 0 bridgehead atoms. The molecule has 8 heteroatoms. The molecule has 1 amide bonds. The lowest BCUT2D eigenvalue weighted by molar-refractivity contribution is 0.0765. The summed E-state index contributed by atoms with van der Waals surface area (Å²) in [6.07, 6.45) is 5.85. The van der Waals surface area contributed by atoms with Gasteiger partial charge in [0.1, 0.15) is 0 Å². The molecule has 2 aromatic carbocycles. The summed E-state index contributed by atoms with van der Waals surface area (Å²) in [5.74, 6) is 0.386. The second-order valence-electron chi connectivity index (χ2n) is 9.86. The van der Waals surface area contributed by atoms with Crippen LogP contribution in [0.1, 0.15) is 53.4 Å². The molecule has 1 saturated carbocycles. The Balaban J connectivity index is 1.32. The maximum atomic E-state index is 12.7. The predicted molar refractivity (Wildman–Crippen MR) is 144 cm³/mol. The monoisotopic (exact) mass is 492 g/mol. The largest absolute Gasteiger partial charge is 0.391 e. The lowest BCUT2D eigenvalue weighted by Gasteiger charge is -2.18. The van der Waals surface area contributed by atoms with Crippen molar-refractivity contribution >= 4 is 35.2 Å². The number of pyridine rings is 1. The van der Waals surface area contributed by atoms with E-state index in [1.165, 1.54) is 5.56 Å². The van der Waals surface area contributed by atoms with Crippen molar-refractivity contribution in [2.45, 2.75) is 37.7 Å². The van der Waals surface area contributed by atoms with Gasteiger partial charge in [-0.1, -0.05) is 24.3 Å². The molecule has 2 aliphatic rings. The van der Waals surface area contributed by atoms with Gasteiger partial charge in [-0.25, -0.2) is 14.7 Å². The van der Waals surface area contributed by atoms with Gasteiger partial charge in [0, 0.05) is 35.7 Å². The molecule has 186 valence electrons. The van der Waals surface area contributed by atoms with E-state index in [0.29, 0.717) is 31.0 Å². The molecule has 2 fully saturated rings. The number of nitrogens with zero attached hydrogens (tertiary/aromatic N) is 6. The van der Waals surface area contributed by atoms with Crippen LogP contribution in [0.2, 0.25) is 0 Å². The molecule has 3 heterocycles. The number of hydrogen-bond donors (Lipinski definition) is 1. The highest BCUT2D eigenvalue weighted by Gasteiger charge is 2.49. The zero-order chi connectivity index (χ0) is 25.6. The molecule has 0 unspecified atom stereocenters. The van der Waals surface area contributed by atoms with Crippen LogP contribution < -0.4 is 0 Å². The van der Waals surface area contributed by atoms with Gasteiger partial charge in [-0.2, -0.15) is 5.10 Å². The number of benzene rings is 2. The summed E-state index contributed by atoms with van der Waals surface area (Å²) in [5.41, 5.74) is 5.27. The Morgan fingerprint density at radius 2 is 1.89 bits per heavy atom. The van der Waals surface area contributed by atoms with Gasteiger partial charge in [0.25, 0.3) is 5.91 Å². The number of rotatable bonds is 6. The Kier molecular flexibility index (Phi) is 5.68. The fraction of sp³-hybridized carbons (Fsp3) is 0.276. The minimum absolute atomic E-state index is 0.0611. The van der Waals surface area contributed by atoms with Crippen molar-refractivity contribution in [1.82, 2.24) is 19.5 Å². The van der Waals surface area contributed by atoms with Crippen molar-refractivity contribution in [2.75, 3.05) is 13.1 Å². The van der Waals surface area contributed by atoms with E-state index in [-0.39, 0.29) is 11.3 Å². The average molecular weight is 493 g/mol. The second kappa shape index (κ2) is 9.05. The van der Waals surface area contributed by atoms with E-state index in [9.17, 15) is 9.90 Å². The first-order valence-electron chi connectivity index (χ1n) is 12.5. The molecule has 4 aromatic rings. The molecule has 1 saturated heterocycles. The van der Waals surface area contributed by atoms with Crippen LogP contribution >= 0.6 is 0 Å². The zero-order valence-corrected chi connectivity index (χ0v) is 20.7. The fourth-order valence-corrected chi connectivity index (χ4v) is 5.23. The standard InChI is InChI=1S/C29H28N6O2/c1-19(20-5-7-21(8-6-20)27(37)34-15-11-24(36)18-34)33-35-26(17-32-28(35)30-2)29(12-13-29)23-9-10-25-22(16-23)4-3-14-31-25/h3-10,14,16-17,24,36H,2,11-13,15,18H2,1H3/b33-19+/t24-/m1/s1. The molecule has 1 N–H and O–H groups in total. The number of carbonyl (C=O) groups is 1. The quantitative estimate of drug-likeness (QED) is 0.406. The molecular formula is C29H28N6O2. The van der Waals surface area contributed by atoms with Crippen molar-refractivity contribution in [1.29, 1.82) is 0 Å². The van der Waals surface area contributed by atoms with Crippen molar-refractivity contribution in [2.24, 2.45) is 10.1 Å². The molecule has 0 spiro atoms. The maximum absolute atomic E-state index is 12.7. The predicted octanol–water partition coefficient (Wildman–Crippen LogP) is 4.32. The molecule has 1 atom stereocenters. The minimum atomic E-state index is -0.435.